The van der Waals surface area contributed by atoms with Gasteiger partial charge in [0.25, 0.3) is 0 Å². The van der Waals surface area contributed by atoms with Crippen LogP contribution in [0.4, 0.5) is 0 Å². The quantitative estimate of drug-likeness (QED) is 0.705. The molecule has 2 aliphatic heterocycles. The van der Waals surface area contributed by atoms with Gasteiger partial charge < -0.3 is 10.2 Å². The third-order valence-corrected chi connectivity index (χ3v) is 7.57. The fourth-order valence-electron chi connectivity index (χ4n) is 3.43. The molecule has 2 aliphatic rings. The van der Waals surface area contributed by atoms with Crippen LogP contribution in [0, 0.1) is 5.92 Å². The predicted molar refractivity (Wildman–Crippen MR) is 83.1 cm³/mol. The summed E-state index contributed by atoms with van der Waals surface area (Å²) < 4.78 is 23.7. The lowest BCUT2D eigenvalue weighted by Crippen LogP contribution is -2.70. The number of amides is 2. The monoisotopic (exact) mass is 331 g/mol. The summed E-state index contributed by atoms with van der Waals surface area (Å²) in [7, 11) is -1.81. The minimum atomic E-state index is -3.33. The third kappa shape index (κ3) is 2.62. The van der Waals surface area contributed by atoms with E-state index in [1.807, 2.05) is 18.7 Å². The number of nitrogens with zero attached hydrogens (tertiary/aromatic N) is 2. The minimum Gasteiger partial charge on any atom is -0.359 e. The van der Waals surface area contributed by atoms with E-state index in [9.17, 15) is 18.0 Å². The van der Waals surface area contributed by atoms with Crippen LogP contribution >= 0.6 is 0 Å². The van der Waals surface area contributed by atoms with Crippen LogP contribution in [0.2, 0.25) is 0 Å². The van der Waals surface area contributed by atoms with Crippen LogP contribution in [0.1, 0.15) is 20.3 Å². The highest BCUT2D eigenvalue weighted by Crippen LogP contribution is 2.44. The van der Waals surface area contributed by atoms with E-state index in [4.69, 9.17) is 0 Å². The molecule has 22 heavy (non-hydrogen) atoms. The van der Waals surface area contributed by atoms with Crippen LogP contribution in [-0.2, 0) is 19.4 Å². The van der Waals surface area contributed by atoms with Crippen LogP contribution in [0.15, 0.2) is 0 Å². The molecule has 2 amide bonds. The Bertz CT molecular complexity index is 550. The Balaban J connectivity index is 2.08. The number of hydrogen-bond acceptors (Lipinski definition) is 5. The van der Waals surface area contributed by atoms with Gasteiger partial charge in [-0.25, -0.2) is 8.42 Å². The minimum absolute atomic E-state index is 0.0309. The summed E-state index contributed by atoms with van der Waals surface area (Å²) in [5, 5.41) is 2.55. The van der Waals surface area contributed by atoms with E-state index in [1.54, 1.807) is 4.90 Å². The van der Waals surface area contributed by atoms with Crippen molar-refractivity contribution < 1.29 is 18.0 Å². The Morgan fingerprint density at radius 3 is 2.36 bits per heavy atom. The number of rotatable bonds is 5. The van der Waals surface area contributed by atoms with Crippen molar-refractivity contribution in [1.82, 2.24) is 15.1 Å². The Hall–Kier alpha value is -1.15. The maximum Gasteiger partial charge on any atom is 0.236 e. The van der Waals surface area contributed by atoms with Crippen LogP contribution < -0.4 is 5.32 Å². The molecule has 2 rings (SSSR count). The van der Waals surface area contributed by atoms with Crippen molar-refractivity contribution in [3.8, 4) is 0 Å². The fourth-order valence-corrected chi connectivity index (χ4v) is 5.75. The lowest BCUT2D eigenvalue weighted by Gasteiger charge is -2.49. The molecule has 0 aromatic rings. The summed E-state index contributed by atoms with van der Waals surface area (Å²) >= 11 is 0. The summed E-state index contributed by atoms with van der Waals surface area (Å²) in [6.07, 6.45) is 0.347. The van der Waals surface area contributed by atoms with Crippen LogP contribution in [0.5, 0.6) is 0 Å². The Kier molecular flexibility index (Phi) is 4.81. The van der Waals surface area contributed by atoms with E-state index in [0.717, 1.165) is 13.1 Å². The van der Waals surface area contributed by atoms with Gasteiger partial charge in [0.1, 0.15) is 4.75 Å². The van der Waals surface area contributed by atoms with Crippen molar-refractivity contribution in [2.75, 3.05) is 45.5 Å². The van der Waals surface area contributed by atoms with Gasteiger partial charge in [0.15, 0.2) is 9.84 Å². The zero-order valence-electron chi connectivity index (χ0n) is 13.5. The first kappa shape index (κ1) is 17.2. The summed E-state index contributed by atoms with van der Waals surface area (Å²) in [6, 6.07) is 0. The highest BCUT2D eigenvalue weighted by molar-refractivity contribution is 7.93. The van der Waals surface area contributed by atoms with Gasteiger partial charge in [-0.1, -0.05) is 13.8 Å². The van der Waals surface area contributed by atoms with E-state index < -0.39 is 20.5 Å². The lowest BCUT2D eigenvalue weighted by molar-refractivity contribution is -0.141. The van der Waals surface area contributed by atoms with Gasteiger partial charge in [0.2, 0.25) is 11.8 Å². The number of carbonyl (C=O) groups excluding carboxylic acids is 2. The zero-order valence-corrected chi connectivity index (χ0v) is 14.3. The van der Waals surface area contributed by atoms with Crippen molar-refractivity contribution in [2.24, 2.45) is 5.92 Å². The van der Waals surface area contributed by atoms with Gasteiger partial charge in [0, 0.05) is 20.1 Å². The van der Waals surface area contributed by atoms with Crippen LogP contribution in [-0.4, -0.2) is 80.3 Å². The standard InChI is InChI=1S/C14H25N3O4S/c1-4-16(5-2)8-12(18)17-9-14(10-17)11(13(19)15-3)6-7-22(14,20)21/h11H,4-10H2,1-3H3,(H,15,19). The lowest BCUT2D eigenvalue weighted by atomic mass is 9.82. The second-order valence-corrected chi connectivity index (χ2v) is 8.50. The van der Waals surface area contributed by atoms with Gasteiger partial charge in [-0.3, -0.25) is 14.5 Å². The second-order valence-electron chi connectivity index (χ2n) is 6.05. The summed E-state index contributed by atoms with van der Waals surface area (Å²) in [5.74, 6) is -0.813. The molecule has 1 N–H and O–H groups in total. The van der Waals surface area contributed by atoms with Gasteiger partial charge in [-0.2, -0.15) is 0 Å². The highest BCUT2D eigenvalue weighted by atomic mass is 32.2. The molecule has 0 aromatic carbocycles. The summed E-state index contributed by atoms with van der Waals surface area (Å²) in [6.45, 7) is 6.12. The molecule has 0 aliphatic carbocycles. The topological polar surface area (TPSA) is 86.8 Å². The number of nitrogens with one attached hydrogen (secondary N) is 1. The molecule has 7 nitrogen and oxygen atoms in total. The first-order chi connectivity index (χ1) is 10.3. The Morgan fingerprint density at radius 2 is 1.86 bits per heavy atom. The second kappa shape index (κ2) is 6.16. The van der Waals surface area contributed by atoms with Crippen molar-refractivity contribution in [3.63, 3.8) is 0 Å². The molecular formula is C14H25N3O4S. The van der Waals surface area contributed by atoms with Crippen molar-refractivity contribution >= 4 is 21.7 Å². The molecule has 0 saturated carbocycles. The van der Waals surface area contributed by atoms with Gasteiger partial charge in [-0.15, -0.1) is 0 Å². The largest absolute Gasteiger partial charge is 0.359 e. The zero-order chi connectivity index (χ0) is 16.5. The Morgan fingerprint density at radius 1 is 1.27 bits per heavy atom. The molecular weight excluding hydrogens is 306 g/mol. The number of sulfone groups is 1. The molecule has 2 saturated heterocycles. The maximum absolute atomic E-state index is 12.4. The van der Waals surface area contributed by atoms with E-state index in [-0.39, 0.29) is 30.7 Å². The number of carbonyl (C=O) groups is 2. The number of hydrogen-bond donors (Lipinski definition) is 1. The smallest absolute Gasteiger partial charge is 0.236 e. The van der Waals surface area contributed by atoms with Crippen molar-refractivity contribution in [3.05, 3.63) is 0 Å². The SMILES string of the molecule is CCN(CC)CC(=O)N1CC2(C1)C(C(=O)NC)CCS2(=O)=O. The van der Waals surface area contributed by atoms with Gasteiger partial charge >= 0.3 is 0 Å². The van der Waals surface area contributed by atoms with E-state index in [2.05, 4.69) is 5.32 Å². The van der Waals surface area contributed by atoms with Gasteiger partial charge in [0.05, 0.1) is 18.2 Å². The molecule has 1 atom stereocenters. The molecule has 0 radical (unpaired) electrons. The molecule has 2 heterocycles. The average molecular weight is 331 g/mol. The molecule has 8 heteroatoms. The number of likely N-dealkylation sites (tertiary alicyclic amines) is 1. The van der Waals surface area contributed by atoms with Crippen LogP contribution in [0.25, 0.3) is 0 Å². The normalized spacial score (nSPS) is 25.3. The highest BCUT2D eigenvalue weighted by Gasteiger charge is 2.64. The van der Waals surface area contributed by atoms with E-state index >= 15 is 0 Å². The van der Waals surface area contributed by atoms with Crippen molar-refractivity contribution in [1.29, 1.82) is 0 Å². The van der Waals surface area contributed by atoms with Gasteiger partial charge in [-0.05, 0) is 19.5 Å². The first-order valence-corrected chi connectivity index (χ1v) is 9.40. The molecule has 1 spiro atoms. The molecule has 2 fully saturated rings. The molecule has 126 valence electrons. The first-order valence-electron chi connectivity index (χ1n) is 7.75. The van der Waals surface area contributed by atoms with Crippen LogP contribution in [0.3, 0.4) is 0 Å². The van der Waals surface area contributed by atoms with E-state index in [1.165, 1.54) is 7.05 Å². The number of likely N-dealkylation sites (N-methyl/N-ethyl adjacent to an activating group) is 1. The van der Waals surface area contributed by atoms with E-state index in [0.29, 0.717) is 13.0 Å². The van der Waals surface area contributed by atoms with Crippen molar-refractivity contribution in [2.45, 2.75) is 25.0 Å². The fraction of sp³-hybridized carbons (Fsp3) is 0.857. The summed E-state index contributed by atoms with van der Waals surface area (Å²) in [4.78, 5) is 27.8. The molecule has 0 aromatic heterocycles. The summed E-state index contributed by atoms with van der Waals surface area (Å²) in [5.41, 5.74) is 0. The predicted octanol–water partition coefficient (Wildman–Crippen LogP) is -0.910. The third-order valence-electron chi connectivity index (χ3n) is 5.02. The Labute approximate surface area is 131 Å². The molecule has 0 bridgehead atoms. The molecule has 1 unspecified atom stereocenters. The average Bonchev–Trinajstić information content (AvgIpc) is 2.73. The maximum atomic E-state index is 12.4.